The number of nitrogens with two attached hydrogens (primary N) is 1. The summed E-state index contributed by atoms with van der Waals surface area (Å²) in [7, 11) is 0. The van der Waals surface area contributed by atoms with Crippen LogP contribution in [0.25, 0.3) is 0 Å². The number of carbonyl (C=O) groups is 1. The van der Waals surface area contributed by atoms with E-state index < -0.39 is 33.9 Å². The van der Waals surface area contributed by atoms with Gasteiger partial charge in [-0.05, 0) is 30.2 Å². The Hall–Kier alpha value is -2.17. The number of thioether (sulfide) groups is 1. The van der Waals surface area contributed by atoms with Gasteiger partial charge in [0.2, 0.25) is 0 Å². The number of ketones is 1. The summed E-state index contributed by atoms with van der Waals surface area (Å²) in [5.74, 6) is -0.393. The van der Waals surface area contributed by atoms with Crippen LogP contribution in [-0.2, 0) is 22.9 Å². The van der Waals surface area contributed by atoms with Crippen molar-refractivity contribution in [1.29, 1.82) is 0 Å². The summed E-state index contributed by atoms with van der Waals surface area (Å²) in [6.45, 7) is 0.708. The van der Waals surface area contributed by atoms with Crippen LogP contribution in [-0.4, -0.2) is 34.9 Å². The molecule has 0 aliphatic carbocycles. The Balaban J connectivity index is 1.65. The summed E-state index contributed by atoms with van der Waals surface area (Å²) in [5, 5.41) is -0.0541. The molecule has 2 atom stereocenters. The lowest BCUT2D eigenvalue weighted by Gasteiger charge is -2.43. The molecule has 2 aromatic rings. The molecular formula is C21H18ClF4N3O2S. The third kappa shape index (κ3) is 4.35. The largest absolute Gasteiger partial charge is 0.417 e. The molecule has 4 rings (SSSR count). The highest BCUT2D eigenvalue weighted by atomic mass is 35.5. The summed E-state index contributed by atoms with van der Waals surface area (Å²) in [4.78, 5) is 20.9. The number of hydrogen-bond donors (Lipinski definition) is 1. The Morgan fingerprint density at radius 2 is 2.12 bits per heavy atom. The van der Waals surface area contributed by atoms with Crippen molar-refractivity contribution in [1.82, 2.24) is 4.98 Å². The lowest BCUT2D eigenvalue weighted by atomic mass is 9.76. The van der Waals surface area contributed by atoms with Crippen molar-refractivity contribution in [3.05, 3.63) is 63.7 Å². The van der Waals surface area contributed by atoms with Gasteiger partial charge >= 0.3 is 6.18 Å². The quantitative estimate of drug-likeness (QED) is 0.503. The van der Waals surface area contributed by atoms with E-state index >= 15 is 0 Å². The highest BCUT2D eigenvalue weighted by Gasteiger charge is 2.47. The standard InChI is InChI=1S/C21H18ClF4N3O2S/c22-15-7-13(21(24,25)26)8-28-18(15)17(30)6-11-1-2-16(23)14(5-11)20-10-31-4-3-12(20)9-32-19(27)29-20/h1-2,5,7-8,12H,3-4,6,9-10H2,(H2,27,29)/t12-,20-/m0/s1. The fourth-order valence-electron chi connectivity index (χ4n) is 4.01. The van der Waals surface area contributed by atoms with Gasteiger partial charge in [-0.2, -0.15) is 13.2 Å². The second kappa shape index (κ2) is 8.64. The van der Waals surface area contributed by atoms with Crippen LogP contribution >= 0.6 is 23.4 Å². The molecule has 32 heavy (non-hydrogen) atoms. The Labute approximate surface area is 190 Å². The smallest absolute Gasteiger partial charge is 0.379 e. The van der Waals surface area contributed by atoms with Crippen LogP contribution in [0.4, 0.5) is 17.6 Å². The van der Waals surface area contributed by atoms with Gasteiger partial charge in [0.15, 0.2) is 11.0 Å². The lowest BCUT2D eigenvalue weighted by Crippen LogP contribution is -2.48. The Morgan fingerprint density at radius 1 is 1.34 bits per heavy atom. The van der Waals surface area contributed by atoms with Gasteiger partial charge in [0, 0.05) is 36.5 Å². The van der Waals surface area contributed by atoms with Gasteiger partial charge in [-0.1, -0.05) is 29.4 Å². The number of amidine groups is 1. The Morgan fingerprint density at radius 3 is 2.84 bits per heavy atom. The second-order valence-corrected chi connectivity index (χ2v) is 9.14. The minimum Gasteiger partial charge on any atom is -0.379 e. The van der Waals surface area contributed by atoms with Crippen molar-refractivity contribution in [2.75, 3.05) is 19.0 Å². The second-order valence-electron chi connectivity index (χ2n) is 7.69. The van der Waals surface area contributed by atoms with E-state index in [9.17, 15) is 22.4 Å². The summed E-state index contributed by atoms with van der Waals surface area (Å²) >= 11 is 7.30. The number of pyridine rings is 1. The number of alkyl halides is 3. The average molecular weight is 488 g/mol. The molecule has 0 bridgehead atoms. The maximum absolute atomic E-state index is 14.9. The van der Waals surface area contributed by atoms with Crippen LogP contribution in [0.15, 0.2) is 35.5 Å². The Bertz CT molecular complexity index is 1100. The minimum atomic E-state index is -4.62. The zero-order chi connectivity index (χ0) is 23.1. The van der Waals surface area contributed by atoms with E-state index in [1.54, 1.807) is 6.07 Å². The average Bonchev–Trinajstić information content (AvgIpc) is 2.74. The van der Waals surface area contributed by atoms with E-state index in [-0.39, 0.29) is 30.2 Å². The van der Waals surface area contributed by atoms with E-state index in [0.29, 0.717) is 41.8 Å². The Kier molecular flexibility index (Phi) is 6.21. The van der Waals surface area contributed by atoms with Crippen molar-refractivity contribution >= 4 is 34.3 Å². The molecule has 5 nitrogen and oxygen atoms in total. The lowest BCUT2D eigenvalue weighted by molar-refractivity contribution is -0.137. The summed E-state index contributed by atoms with van der Waals surface area (Å²) in [6.07, 6.45) is -3.59. The number of halogens is 5. The first-order chi connectivity index (χ1) is 15.1. The first-order valence-electron chi connectivity index (χ1n) is 9.71. The number of fused-ring (bicyclic) bond motifs is 1. The zero-order valence-electron chi connectivity index (χ0n) is 16.6. The first kappa shape index (κ1) is 23.0. The molecule has 0 unspecified atom stereocenters. The van der Waals surface area contributed by atoms with Gasteiger partial charge in [-0.25, -0.2) is 9.38 Å². The molecule has 1 saturated heterocycles. The zero-order valence-corrected chi connectivity index (χ0v) is 18.2. The van der Waals surface area contributed by atoms with Gasteiger partial charge < -0.3 is 10.5 Å². The minimum absolute atomic E-state index is 0.0139. The van der Waals surface area contributed by atoms with E-state index in [0.717, 1.165) is 0 Å². The molecule has 0 radical (unpaired) electrons. The van der Waals surface area contributed by atoms with Crippen molar-refractivity contribution < 1.29 is 27.1 Å². The highest BCUT2D eigenvalue weighted by molar-refractivity contribution is 8.13. The maximum Gasteiger partial charge on any atom is 0.417 e. The van der Waals surface area contributed by atoms with Crippen molar-refractivity contribution in [2.24, 2.45) is 16.6 Å². The fourth-order valence-corrected chi connectivity index (χ4v) is 5.32. The molecule has 3 heterocycles. The fraction of sp³-hybridized carbons (Fsp3) is 0.381. The van der Waals surface area contributed by atoms with Crippen LogP contribution in [0, 0.1) is 11.7 Å². The number of ether oxygens (including phenoxy) is 1. The van der Waals surface area contributed by atoms with Crippen LogP contribution in [0.3, 0.4) is 0 Å². The van der Waals surface area contributed by atoms with E-state index in [2.05, 4.69) is 9.98 Å². The first-order valence-corrected chi connectivity index (χ1v) is 11.1. The number of benzene rings is 1. The number of Topliss-reactive ketones (excluding diaryl/α,β-unsaturated/α-hetero) is 1. The molecule has 170 valence electrons. The van der Waals surface area contributed by atoms with Crippen molar-refractivity contribution in [2.45, 2.75) is 24.6 Å². The molecule has 11 heteroatoms. The molecule has 0 amide bonds. The molecule has 1 aromatic heterocycles. The number of hydrogen-bond acceptors (Lipinski definition) is 6. The number of aromatic nitrogens is 1. The molecule has 1 aromatic carbocycles. The molecular weight excluding hydrogens is 470 g/mol. The van der Waals surface area contributed by atoms with Gasteiger partial charge in [0.05, 0.1) is 17.2 Å². The highest BCUT2D eigenvalue weighted by Crippen LogP contribution is 2.45. The van der Waals surface area contributed by atoms with Gasteiger partial charge in [-0.15, -0.1) is 0 Å². The van der Waals surface area contributed by atoms with Gasteiger partial charge in [-0.3, -0.25) is 9.78 Å². The SMILES string of the molecule is NC1=N[C@@]2(c3cc(CC(=O)c4ncc(C(F)(F)F)cc4Cl)ccc3F)COCC[C@H]2CS1. The van der Waals surface area contributed by atoms with Gasteiger partial charge in [0.1, 0.15) is 17.1 Å². The van der Waals surface area contributed by atoms with Crippen LogP contribution < -0.4 is 5.73 Å². The number of carbonyl (C=O) groups excluding carboxylic acids is 1. The molecule has 2 N–H and O–H groups in total. The van der Waals surface area contributed by atoms with Crippen molar-refractivity contribution in [3.63, 3.8) is 0 Å². The number of aliphatic imine (C=N–C) groups is 1. The van der Waals surface area contributed by atoms with E-state index in [1.807, 2.05) is 0 Å². The maximum atomic E-state index is 14.9. The normalized spacial score (nSPS) is 23.4. The molecule has 2 aliphatic rings. The number of rotatable bonds is 4. The van der Waals surface area contributed by atoms with Gasteiger partial charge in [0.25, 0.3) is 0 Å². The summed E-state index contributed by atoms with van der Waals surface area (Å²) in [5.41, 5.74) is 4.37. The van der Waals surface area contributed by atoms with Crippen LogP contribution in [0.2, 0.25) is 5.02 Å². The third-order valence-corrected chi connectivity index (χ3v) is 6.89. The molecule has 0 spiro atoms. The summed E-state index contributed by atoms with van der Waals surface area (Å²) in [6, 6.07) is 4.89. The predicted molar refractivity (Wildman–Crippen MR) is 113 cm³/mol. The molecule has 2 aliphatic heterocycles. The molecule has 0 saturated carbocycles. The third-order valence-electron chi connectivity index (χ3n) is 5.64. The predicted octanol–water partition coefficient (Wildman–Crippen LogP) is 4.61. The van der Waals surface area contributed by atoms with E-state index in [4.69, 9.17) is 22.1 Å². The van der Waals surface area contributed by atoms with E-state index in [1.165, 1.54) is 23.9 Å². The summed E-state index contributed by atoms with van der Waals surface area (Å²) < 4.78 is 59.0. The van der Waals surface area contributed by atoms with Crippen LogP contribution in [0.1, 0.15) is 33.6 Å². The topological polar surface area (TPSA) is 77.6 Å². The van der Waals surface area contributed by atoms with Crippen LogP contribution in [0.5, 0.6) is 0 Å². The monoisotopic (exact) mass is 487 g/mol. The number of nitrogens with zero attached hydrogens (tertiary/aromatic N) is 2. The molecule has 1 fully saturated rings. The van der Waals surface area contributed by atoms with Crippen molar-refractivity contribution in [3.8, 4) is 0 Å².